The zero-order valence-corrected chi connectivity index (χ0v) is 12.9. The molecule has 0 saturated carbocycles. The monoisotopic (exact) mass is 340 g/mol. The summed E-state index contributed by atoms with van der Waals surface area (Å²) in [5.74, 6) is -0.899. The minimum atomic E-state index is -4.78. The summed E-state index contributed by atoms with van der Waals surface area (Å²) in [7, 11) is 1.28. The number of ether oxygens (including phenoxy) is 2. The van der Waals surface area contributed by atoms with E-state index in [9.17, 15) is 18.0 Å². The minimum absolute atomic E-state index is 0.0691. The van der Waals surface area contributed by atoms with Gasteiger partial charge in [-0.25, -0.2) is 4.79 Å². The predicted octanol–water partition coefficient (Wildman–Crippen LogP) is 4.01. The van der Waals surface area contributed by atoms with E-state index in [1.165, 1.54) is 13.2 Å². The number of methoxy groups -OCH3 is 1. The van der Waals surface area contributed by atoms with Crippen molar-refractivity contribution < 1.29 is 27.4 Å². The number of rotatable bonds is 4. The Kier molecular flexibility index (Phi) is 4.87. The summed E-state index contributed by atoms with van der Waals surface area (Å²) in [6, 6.07) is 8.54. The highest BCUT2D eigenvalue weighted by atomic mass is 19.4. The van der Waals surface area contributed by atoms with Crippen LogP contribution in [0.2, 0.25) is 0 Å². The van der Waals surface area contributed by atoms with E-state index in [1.54, 1.807) is 25.1 Å². The molecular formula is C16H15F3N2O3. The van der Waals surface area contributed by atoms with Gasteiger partial charge in [-0.3, -0.25) is 0 Å². The number of carbonyl (C=O) groups excluding carboxylic acids is 1. The second kappa shape index (κ2) is 6.69. The standard InChI is InChI=1S/C16H15F3N2O3/c1-9-11(15(22)23-2)4-3-5-13(9)21-14-7-6-10(8-12(14)20)24-16(17,18)19/h3-8,21H,20H2,1-2H3. The van der Waals surface area contributed by atoms with Crippen LogP contribution in [-0.4, -0.2) is 19.4 Å². The number of anilines is 3. The van der Waals surface area contributed by atoms with Gasteiger partial charge in [0, 0.05) is 11.8 Å². The summed E-state index contributed by atoms with van der Waals surface area (Å²) in [5, 5.41) is 2.98. The molecule has 0 saturated heterocycles. The highest BCUT2D eigenvalue weighted by molar-refractivity contribution is 5.93. The average molecular weight is 340 g/mol. The third kappa shape index (κ3) is 4.09. The van der Waals surface area contributed by atoms with Gasteiger partial charge in [0.25, 0.3) is 0 Å². The van der Waals surface area contributed by atoms with E-state index in [0.29, 0.717) is 22.5 Å². The van der Waals surface area contributed by atoms with Crippen LogP contribution in [0.1, 0.15) is 15.9 Å². The second-order valence-corrected chi connectivity index (χ2v) is 4.89. The fourth-order valence-electron chi connectivity index (χ4n) is 2.10. The van der Waals surface area contributed by atoms with Gasteiger partial charge in [-0.15, -0.1) is 13.2 Å². The fourth-order valence-corrected chi connectivity index (χ4v) is 2.10. The highest BCUT2D eigenvalue weighted by Gasteiger charge is 2.31. The van der Waals surface area contributed by atoms with Crippen molar-refractivity contribution in [3.63, 3.8) is 0 Å². The Labute approximate surface area is 136 Å². The van der Waals surface area contributed by atoms with E-state index in [2.05, 4.69) is 10.1 Å². The maximum absolute atomic E-state index is 12.2. The second-order valence-electron chi connectivity index (χ2n) is 4.89. The van der Waals surface area contributed by atoms with Crippen LogP contribution in [0.15, 0.2) is 36.4 Å². The van der Waals surface area contributed by atoms with Gasteiger partial charge in [0.05, 0.1) is 24.0 Å². The van der Waals surface area contributed by atoms with Crippen molar-refractivity contribution in [2.75, 3.05) is 18.2 Å². The number of hydrogen-bond donors (Lipinski definition) is 2. The quantitative estimate of drug-likeness (QED) is 0.650. The molecule has 0 atom stereocenters. The summed E-state index contributed by atoms with van der Waals surface area (Å²) < 4.78 is 45.1. The van der Waals surface area contributed by atoms with Gasteiger partial charge in [0.15, 0.2) is 0 Å². The zero-order chi connectivity index (χ0) is 17.9. The Balaban J connectivity index is 2.27. The zero-order valence-electron chi connectivity index (χ0n) is 12.9. The number of nitrogens with one attached hydrogen (secondary N) is 1. The van der Waals surface area contributed by atoms with Gasteiger partial charge in [0.1, 0.15) is 5.75 Å². The Morgan fingerprint density at radius 2 is 1.88 bits per heavy atom. The molecule has 0 aliphatic carbocycles. The largest absolute Gasteiger partial charge is 0.573 e. The summed E-state index contributed by atoms with van der Waals surface area (Å²) in [6.45, 7) is 1.71. The first-order chi connectivity index (χ1) is 11.2. The van der Waals surface area contributed by atoms with E-state index in [1.807, 2.05) is 0 Å². The van der Waals surface area contributed by atoms with Crippen molar-refractivity contribution in [2.45, 2.75) is 13.3 Å². The minimum Gasteiger partial charge on any atom is -0.465 e. The SMILES string of the molecule is COC(=O)c1cccc(Nc2ccc(OC(F)(F)F)cc2N)c1C. The number of carbonyl (C=O) groups is 1. The smallest absolute Gasteiger partial charge is 0.465 e. The van der Waals surface area contributed by atoms with Crippen LogP contribution in [0.4, 0.5) is 30.2 Å². The maximum Gasteiger partial charge on any atom is 0.573 e. The van der Waals surface area contributed by atoms with Crippen LogP contribution < -0.4 is 15.8 Å². The molecule has 0 aliphatic rings. The van der Waals surface area contributed by atoms with Crippen molar-refractivity contribution >= 4 is 23.0 Å². The Morgan fingerprint density at radius 1 is 1.17 bits per heavy atom. The number of benzene rings is 2. The molecule has 0 amide bonds. The van der Waals surface area contributed by atoms with Crippen LogP contribution >= 0.6 is 0 Å². The van der Waals surface area contributed by atoms with Gasteiger partial charge in [0.2, 0.25) is 0 Å². The number of nitrogen functional groups attached to an aromatic ring is 1. The molecule has 2 aromatic rings. The third-order valence-corrected chi connectivity index (χ3v) is 3.27. The Hall–Kier alpha value is -2.90. The Morgan fingerprint density at radius 3 is 2.46 bits per heavy atom. The van der Waals surface area contributed by atoms with Crippen LogP contribution in [0.25, 0.3) is 0 Å². The molecule has 3 N–H and O–H groups in total. The third-order valence-electron chi connectivity index (χ3n) is 3.27. The molecule has 8 heteroatoms. The molecule has 24 heavy (non-hydrogen) atoms. The topological polar surface area (TPSA) is 73.6 Å². The van der Waals surface area contributed by atoms with E-state index in [0.717, 1.165) is 12.1 Å². The lowest BCUT2D eigenvalue weighted by Crippen LogP contribution is -2.17. The van der Waals surface area contributed by atoms with Crippen molar-refractivity contribution in [1.29, 1.82) is 0 Å². The lowest BCUT2D eigenvalue weighted by Gasteiger charge is -2.15. The van der Waals surface area contributed by atoms with Gasteiger partial charge < -0.3 is 20.5 Å². The van der Waals surface area contributed by atoms with Crippen LogP contribution in [0.5, 0.6) is 5.75 Å². The fraction of sp³-hybridized carbons (Fsp3) is 0.188. The lowest BCUT2D eigenvalue weighted by molar-refractivity contribution is -0.274. The van der Waals surface area contributed by atoms with Crippen LogP contribution in [0, 0.1) is 6.92 Å². The molecule has 0 aromatic heterocycles. The maximum atomic E-state index is 12.2. The first kappa shape index (κ1) is 17.5. The molecule has 0 fully saturated rings. The predicted molar refractivity (Wildman–Crippen MR) is 83.3 cm³/mol. The molecule has 0 bridgehead atoms. The highest BCUT2D eigenvalue weighted by Crippen LogP contribution is 2.31. The molecule has 5 nitrogen and oxygen atoms in total. The molecule has 128 valence electrons. The van der Waals surface area contributed by atoms with E-state index < -0.39 is 18.1 Å². The summed E-state index contributed by atoms with van der Waals surface area (Å²) in [5.41, 5.74) is 7.79. The van der Waals surface area contributed by atoms with Gasteiger partial charge in [-0.1, -0.05) is 6.07 Å². The normalized spacial score (nSPS) is 11.0. The van der Waals surface area contributed by atoms with E-state index in [4.69, 9.17) is 10.5 Å². The molecule has 0 radical (unpaired) electrons. The Bertz CT molecular complexity index is 761. The molecule has 0 unspecified atom stereocenters. The van der Waals surface area contributed by atoms with Crippen molar-refractivity contribution in [3.05, 3.63) is 47.5 Å². The van der Waals surface area contributed by atoms with Crippen molar-refractivity contribution in [2.24, 2.45) is 0 Å². The molecule has 2 aromatic carbocycles. The molecule has 0 aliphatic heterocycles. The number of halogens is 3. The lowest BCUT2D eigenvalue weighted by atomic mass is 10.1. The van der Waals surface area contributed by atoms with E-state index in [-0.39, 0.29) is 5.69 Å². The number of hydrogen-bond acceptors (Lipinski definition) is 5. The number of alkyl halides is 3. The van der Waals surface area contributed by atoms with E-state index >= 15 is 0 Å². The average Bonchev–Trinajstić information content (AvgIpc) is 2.49. The molecule has 0 spiro atoms. The van der Waals surface area contributed by atoms with Crippen molar-refractivity contribution in [1.82, 2.24) is 0 Å². The molecular weight excluding hydrogens is 325 g/mol. The van der Waals surface area contributed by atoms with Gasteiger partial charge >= 0.3 is 12.3 Å². The van der Waals surface area contributed by atoms with Crippen LogP contribution in [0.3, 0.4) is 0 Å². The van der Waals surface area contributed by atoms with Crippen LogP contribution in [-0.2, 0) is 4.74 Å². The van der Waals surface area contributed by atoms with Gasteiger partial charge in [-0.05, 0) is 36.8 Å². The molecule has 0 heterocycles. The van der Waals surface area contributed by atoms with Crippen molar-refractivity contribution in [3.8, 4) is 5.75 Å². The summed E-state index contributed by atoms with van der Waals surface area (Å²) in [4.78, 5) is 11.7. The molecule has 2 rings (SSSR count). The first-order valence-electron chi connectivity index (χ1n) is 6.81. The first-order valence-corrected chi connectivity index (χ1v) is 6.81. The van der Waals surface area contributed by atoms with Gasteiger partial charge in [-0.2, -0.15) is 0 Å². The summed E-state index contributed by atoms with van der Waals surface area (Å²) >= 11 is 0. The summed E-state index contributed by atoms with van der Waals surface area (Å²) in [6.07, 6.45) is -4.78. The number of nitrogens with two attached hydrogens (primary N) is 1. The number of esters is 1.